The van der Waals surface area contributed by atoms with Crippen molar-refractivity contribution < 1.29 is 19.1 Å². The van der Waals surface area contributed by atoms with E-state index in [1.165, 1.54) is 25.7 Å². The Morgan fingerprint density at radius 2 is 1.52 bits per heavy atom. The van der Waals surface area contributed by atoms with E-state index in [1.807, 2.05) is 20.8 Å². The van der Waals surface area contributed by atoms with Crippen LogP contribution in [0, 0.1) is 5.92 Å². The zero-order valence-electron chi connectivity index (χ0n) is 15.4. The van der Waals surface area contributed by atoms with E-state index >= 15 is 0 Å². The van der Waals surface area contributed by atoms with Crippen molar-refractivity contribution in [1.82, 2.24) is 5.32 Å². The molecule has 0 saturated carbocycles. The number of carbonyl (C=O) groups is 2. The third-order valence-electron chi connectivity index (χ3n) is 3.46. The average Bonchev–Trinajstić information content (AvgIpc) is 2.50. The van der Waals surface area contributed by atoms with Gasteiger partial charge in [-0.15, -0.1) is 0 Å². The number of rotatable bonds is 13. The first-order chi connectivity index (χ1) is 11.0. The quantitative estimate of drug-likeness (QED) is 0.401. The van der Waals surface area contributed by atoms with Crippen LogP contribution in [0.3, 0.4) is 0 Å². The maximum Gasteiger partial charge on any atom is 0.407 e. The molecule has 1 atom stereocenters. The molecule has 0 spiro atoms. The second kappa shape index (κ2) is 14.3. The Morgan fingerprint density at radius 1 is 0.870 bits per heavy atom. The van der Waals surface area contributed by atoms with E-state index in [0.717, 1.165) is 19.3 Å². The van der Waals surface area contributed by atoms with Gasteiger partial charge < -0.3 is 14.8 Å². The van der Waals surface area contributed by atoms with Gasteiger partial charge >= 0.3 is 12.1 Å². The molecule has 0 aliphatic rings. The summed E-state index contributed by atoms with van der Waals surface area (Å²) in [6.07, 6.45) is 7.63. The molecule has 0 aliphatic heterocycles. The number of esters is 1. The molecule has 136 valence electrons. The highest BCUT2D eigenvalue weighted by Crippen LogP contribution is 2.09. The van der Waals surface area contributed by atoms with E-state index in [0.29, 0.717) is 19.6 Å². The van der Waals surface area contributed by atoms with E-state index in [1.54, 1.807) is 0 Å². The predicted molar refractivity (Wildman–Crippen MR) is 92.4 cm³/mol. The first kappa shape index (κ1) is 21.7. The molecule has 0 rings (SSSR count). The Labute approximate surface area is 141 Å². The molecular formula is C18H35NO4. The minimum absolute atomic E-state index is 0.285. The first-order valence-electron chi connectivity index (χ1n) is 9.11. The molecule has 0 aromatic heterocycles. The summed E-state index contributed by atoms with van der Waals surface area (Å²) in [5.74, 6) is -0.0752. The first-order valence-corrected chi connectivity index (χ1v) is 9.11. The van der Waals surface area contributed by atoms with E-state index in [-0.39, 0.29) is 11.9 Å². The summed E-state index contributed by atoms with van der Waals surface area (Å²) in [6.45, 7) is 8.90. The summed E-state index contributed by atoms with van der Waals surface area (Å²) in [5, 5.41) is 2.62. The molecule has 5 heteroatoms. The second-order valence-electron chi connectivity index (χ2n) is 6.40. The molecule has 0 aliphatic carbocycles. The van der Waals surface area contributed by atoms with E-state index < -0.39 is 12.1 Å². The zero-order valence-corrected chi connectivity index (χ0v) is 15.4. The SMILES string of the molecule is CCCCCCCCOC(=O)C(CC(C)C)NC(=O)OCCC. The van der Waals surface area contributed by atoms with E-state index in [2.05, 4.69) is 12.2 Å². The molecule has 1 amide bonds. The van der Waals surface area contributed by atoms with E-state index in [9.17, 15) is 9.59 Å². The third kappa shape index (κ3) is 12.9. The monoisotopic (exact) mass is 329 g/mol. The van der Waals surface area contributed by atoms with Gasteiger partial charge in [-0.05, 0) is 25.2 Å². The van der Waals surface area contributed by atoms with Crippen molar-refractivity contribution in [2.75, 3.05) is 13.2 Å². The van der Waals surface area contributed by atoms with Crippen molar-refractivity contribution in [2.45, 2.75) is 85.1 Å². The molecule has 1 N–H and O–H groups in total. The number of nitrogens with one attached hydrogen (secondary N) is 1. The summed E-state index contributed by atoms with van der Waals surface area (Å²) < 4.78 is 10.3. The fourth-order valence-electron chi connectivity index (χ4n) is 2.22. The molecule has 0 saturated heterocycles. The lowest BCUT2D eigenvalue weighted by Crippen LogP contribution is -2.43. The van der Waals surface area contributed by atoms with Crippen LogP contribution in [0.15, 0.2) is 0 Å². The highest BCUT2D eigenvalue weighted by Gasteiger charge is 2.23. The Morgan fingerprint density at radius 3 is 2.13 bits per heavy atom. The van der Waals surface area contributed by atoms with Gasteiger partial charge in [0, 0.05) is 0 Å². The van der Waals surface area contributed by atoms with Crippen LogP contribution in [0.1, 0.15) is 79.1 Å². The number of carbonyl (C=O) groups excluding carboxylic acids is 2. The number of hydrogen-bond donors (Lipinski definition) is 1. The number of amides is 1. The number of alkyl carbamates (subject to hydrolysis) is 1. The molecule has 0 heterocycles. The van der Waals surface area contributed by atoms with Gasteiger partial charge in [0.05, 0.1) is 13.2 Å². The number of hydrogen-bond acceptors (Lipinski definition) is 4. The number of ether oxygens (including phenoxy) is 2. The standard InChI is InChI=1S/C18H35NO4/c1-5-7-8-9-10-11-13-22-17(20)16(14-15(3)4)19-18(21)23-12-6-2/h15-16H,5-14H2,1-4H3,(H,19,21). The zero-order chi connectivity index (χ0) is 17.5. The summed E-state index contributed by atoms with van der Waals surface area (Å²) >= 11 is 0. The Balaban J connectivity index is 4.07. The average molecular weight is 329 g/mol. The van der Waals surface area contributed by atoms with Crippen molar-refractivity contribution >= 4 is 12.1 Å². The van der Waals surface area contributed by atoms with Crippen LogP contribution < -0.4 is 5.32 Å². The normalized spacial score (nSPS) is 12.0. The molecular weight excluding hydrogens is 294 g/mol. The van der Waals surface area contributed by atoms with Gasteiger partial charge in [0.25, 0.3) is 0 Å². The molecule has 5 nitrogen and oxygen atoms in total. The van der Waals surface area contributed by atoms with Crippen LogP contribution >= 0.6 is 0 Å². The van der Waals surface area contributed by atoms with Crippen LogP contribution in [0.4, 0.5) is 4.79 Å². The van der Waals surface area contributed by atoms with Gasteiger partial charge in [-0.2, -0.15) is 0 Å². The lowest BCUT2D eigenvalue weighted by atomic mass is 10.0. The highest BCUT2D eigenvalue weighted by atomic mass is 16.6. The van der Waals surface area contributed by atoms with Crippen LogP contribution in [0.2, 0.25) is 0 Å². The van der Waals surface area contributed by atoms with Crippen LogP contribution in [-0.2, 0) is 14.3 Å². The molecule has 1 unspecified atom stereocenters. The van der Waals surface area contributed by atoms with Gasteiger partial charge in [0.2, 0.25) is 0 Å². The smallest absolute Gasteiger partial charge is 0.407 e. The van der Waals surface area contributed by atoms with Gasteiger partial charge in [0.15, 0.2) is 0 Å². The molecule has 23 heavy (non-hydrogen) atoms. The molecule has 0 radical (unpaired) electrons. The van der Waals surface area contributed by atoms with Gasteiger partial charge in [-0.1, -0.05) is 59.8 Å². The number of unbranched alkanes of at least 4 members (excludes halogenated alkanes) is 5. The lowest BCUT2D eigenvalue weighted by Gasteiger charge is -2.19. The molecule has 0 aromatic carbocycles. The maximum absolute atomic E-state index is 12.1. The largest absolute Gasteiger partial charge is 0.464 e. The van der Waals surface area contributed by atoms with E-state index in [4.69, 9.17) is 9.47 Å². The Hall–Kier alpha value is -1.26. The summed E-state index contributed by atoms with van der Waals surface area (Å²) in [6, 6.07) is -0.626. The maximum atomic E-state index is 12.1. The minimum atomic E-state index is -0.626. The topological polar surface area (TPSA) is 64.6 Å². The fourth-order valence-corrected chi connectivity index (χ4v) is 2.22. The Bertz CT molecular complexity index is 318. The van der Waals surface area contributed by atoms with Gasteiger partial charge in [-0.3, -0.25) is 0 Å². The van der Waals surface area contributed by atoms with Crippen LogP contribution in [-0.4, -0.2) is 31.3 Å². The lowest BCUT2D eigenvalue weighted by molar-refractivity contribution is -0.146. The summed E-state index contributed by atoms with van der Waals surface area (Å²) in [7, 11) is 0. The van der Waals surface area contributed by atoms with Gasteiger partial charge in [0.1, 0.15) is 6.04 Å². The van der Waals surface area contributed by atoms with Gasteiger partial charge in [-0.25, -0.2) is 9.59 Å². The van der Waals surface area contributed by atoms with Crippen molar-refractivity contribution in [3.05, 3.63) is 0 Å². The minimum Gasteiger partial charge on any atom is -0.464 e. The van der Waals surface area contributed by atoms with Crippen molar-refractivity contribution in [1.29, 1.82) is 0 Å². The molecule has 0 aromatic rings. The Kier molecular flexibility index (Phi) is 13.6. The highest BCUT2D eigenvalue weighted by molar-refractivity contribution is 5.81. The second-order valence-corrected chi connectivity index (χ2v) is 6.40. The van der Waals surface area contributed by atoms with Crippen molar-refractivity contribution in [3.8, 4) is 0 Å². The molecule has 0 bridgehead atoms. The fraction of sp³-hybridized carbons (Fsp3) is 0.889. The molecule has 0 fully saturated rings. The predicted octanol–water partition coefficient (Wildman–Crippen LogP) is 4.44. The van der Waals surface area contributed by atoms with Crippen LogP contribution in [0.5, 0.6) is 0 Å². The third-order valence-corrected chi connectivity index (χ3v) is 3.46. The van der Waals surface area contributed by atoms with Crippen molar-refractivity contribution in [2.24, 2.45) is 5.92 Å². The summed E-state index contributed by atoms with van der Waals surface area (Å²) in [4.78, 5) is 23.8. The van der Waals surface area contributed by atoms with Crippen molar-refractivity contribution in [3.63, 3.8) is 0 Å². The summed E-state index contributed by atoms with van der Waals surface area (Å²) in [5.41, 5.74) is 0. The van der Waals surface area contributed by atoms with Crippen LogP contribution in [0.25, 0.3) is 0 Å².